The third kappa shape index (κ3) is 5.43. The van der Waals surface area contributed by atoms with Gasteiger partial charge in [-0.2, -0.15) is 0 Å². The number of rotatable bonds is 7. The Labute approximate surface area is 189 Å². The van der Waals surface area contributed by atoms with Crippen molar-refractivity contribution in [1.29, 1.82) is 0 Å². The first kappa shape index (κ1) is 22.2. The van der Waals surface area contributed by atoms with Crippen LogP contribution in [0, 0.1) is 5.82 Å². The zero-order valence-electron chi connectivity index (χ0n) is 18.9. The lowest BCUT2D eigenvalue weighted by molar-refractivity contribution is 0.174. The zero-order chi connectivity index (χ0) is 22.3. The number of aliphatic imine (C=N–C) groups is 1. The molecule has 0 amide bonds. The molecule has 4 rings (SSSR count). The van der Waals surface area contributed by atoms with Crippen LogP contribution >= 0.6 is 0 Å². The summed E-state index contributed by atoms with van der Waals surface area (Å²) in [6.45, 7) is 8.40. The van der Waals surface area contributed by atoms with E-state index < -0.39 is 0 Å². The van der Waals surface area contributed by atoms with Crippen LogP contribution in [0.1, 0.15) is 18.1 Å². The molecular weight excluding hydrogens is 409 g/mol. The van der Waals surface area contributed by atoms with Crippen molar-refractivity contribution in [1.82, 2.24) is 15.5 Å². The number of piperazine rings is 1. The van der Waals surface area contributed by atoms with Gasteiger partial charge in [0.1, 0.15) is 5.82 Å². The number of guanidine groups is 1. The van der Waals surface area contributed by atoms with Gasteiger partial charge in [0.2, 0.25) is 6.79 Å². The fraction of sp³-hybridized carbons (Fsp3) is 0.458. The van der Waals surface area contributed by atoms with E-state index in [4.69, 9.17) is 9.47 Å². The van der Waals surface area contributed by atoms with E-state index in [0.29, 0.717) is 18.2 Å². The van der Waals surface area contributed by atoms with Gasteiger partial charge in [0.25, 0.3) is 0 Å². The van der Waals surface area contributed by atoms with E-state index in [2.05, 4.69) is 32.3 Å². The third-order valence-corrected chi connectivity index (χ3v) is 6.00. The summed E-state index contributed by atoms with van der Waals surface area (Å²) >= 11 is 0. The smallest absolute Gasteiger partial charge is 0.231 e. The molecule has 0 aromatic heterocycles. The highest BCUT2D eigenvalue weighted by atomic mass is 19.1. The molecule has 0 atom stereocenters. The fourth-order valence-electron chi connectivity index (χ4n) is 4.05. The van der Waals surface area contributed by atoms with Gasteiger partial charge in [0.05, 0.1) is 5.69 Å². The number of benzene rings is 2. The Bertz CT molecular complexity index is 944. The van der Waals surface area contributed by atoms with Crippen LogP contribution in [0.25, 0.3) is 0 Å². The molecule has 0 unspecified atom stereocenters. The average molecular weight is 442 g/mol. The number of hydrogen-bond donors (Lipinski definition) is 2. The molecule has 1 fully saturated rings. The van der Waals surface area contributed by atoms with Crippen molar-refractivity contribution in [3.05, 3.63) is 53.3 Å². The SMILES string of the molecule is CCN1CCN(c2ccc(CNC(=NC)NCCc3ccc4c(c3)OCO4)cc2F)CC1. The van der Waals surface area contributed by atoms with E-state index in [1.165, 1.54) is 0 Å². The summed E-state index contributed by atoms with van der Waals surface area (Å²) in [7, 11) is 1.73. The number of likely N-dealkylation sites (N-methyl/N-ethyl adjacent to an activating group) is 1. The summed E-state index contributed by atoms with van der Waals surface area (Å²) in [5.74, 6) is 2.11. The van der Waals surface area contributed by atoms with Crippen LogP contribution in [0.2, 0.25) is 0 Å². The summed E-state index contributed by atoms with van der Waals surface area (Å²) < 4.78 is 25.5. The average Bonchev–Trinajstić information content (AvgIpc) is 3.29. The quantitative estimate of drug-likeness (QED) is 0.509. The maximum Gasteiger partial charge on any atom is 0.231 e. The molecule has 2 aromatic carbocycles. The summed E-state index contributed by atoms with van der Waals surface area (Å²) in [5, 5.41) is 6.56. The number of nitrogens with one attached hydrogen (secondary N) is 2. The Morgan fingerprint density at radius 2 is 1.78 bits per heavy atom. The molecule has 0 saturated carbocycles. The number of ether oxygens (including phenoxy) is 2. The predicted octanol–water partition coefficient (Wildman–Crippen LogP) is 2.60. The van der Waals surface area contributed by atoms with E-state index in [1.807, 2.05) is 30.3 Å². The van der Waals surface area contributed by atoms with Gasteiger partial charge >= 0.3 is 0 Å². The van der Waals surface area contributed by atoms with E-state index >= 15 is 0 Å². The fourth-order valence-corrected chi connectivity index (χ4v) is 4.05. The monoisotopic (exact) mass is 441 g/mol. The Balaban J connectivity index is 1.24. The van der Waals surface area contributed by atoms with Crippen molar-refractivity contribution in [3.63, 3.8) is 0 Å². The van der Waals surface area contributed by atoms with Gasteiger partial charge in [-0.25, -0.2) is 4.39 Å². The summed E-state index contributed by atoms with van der Waals surface area (Å²) in [6, 6.07) is 11.5. The molecule has 2 aliphatic heterocycles. The molecule has 32 heavy (non-hydrogen) atoms. The van der Waals surface area contributed by atoms with Crippen molar-refractivity contribution < 1.29 is 13.9 Å². The molecule has 172 valence electrons. The molecule has 2 heterocycles. The third-order valence-electron chi connectivity index (χ3n) is 6.00. The largest absolute Gasteiger partial charge is 0.454 e. The maximum atomic E-state index is 14.8. The first-order valence-electron chi connectivity index (χ1n) is 11.2. The first-order valence-corrected chi connectivity index (χ1v) is 11.2. The van der Waals surface area contributed by atoms with Crippen molar-refractivity contribution >= 4 is 11.6 Å². The summed E-state index contributed by atoms with van der Waals surface area (Å²) in [5.41, 5.74) is 2.74. The first-order chi connectivity index (χ1) is 15.7. The molecule has 2 N–H and O–H groups in total. The van der Waals surface area contributed by atoms with Crippen LogP contribution in [0.15, 0.2) is 41.4 Å². The van der Waals surface area contributed by atoms with E-state index in [0.717, 1.165) is 68.3 Å². The molecule has 1 saturated heterocycles. The molecular formula is C24H32FN5O2. The second-order valence-corrected chi connectivity index (χ2v) is 8.00. The molecule has 0 aliphatic carbocycles. The Morgan fingerprint density at radius 1 is 1.00 bits per heavy atom. The number of anilines is 1. The normalized spacial score (nSPS) is 16.3. The molecule has 2 aromatic rings. The lowest BCUT2D eigenvalue weighted by atomic mass is 10.1. The van der Waals surface area contributed by atoms with Crippen molar-refractivity contribution in [2.75, 3.05) is 58.0 Å². The molecule has 0 bridgehead atoms. The highest BCUT2D eigenvalue weighted by molar-refractivity contribution is 5.79. The topological polar surface area (TPSA) is 61.4 Å². The van der Waals surface area contributed by atoms with Gasteiger partial charge in [-0.3, -0.25) is 4.99 Å². The second kappa shape index (κ2) is 10.5. The van der Waals surface area contributed by atoms with Gasteiger partial charge in [-0.05, 0) is 48.4 Å². The summed E-state index contributed by atoms with van der Waals surface area (Å²) in [6.07, 6.45) is 0.825. The number of halogens is 1. The van der Waals surface area contributed by atoms with Crippen LogP contribution in [-0.2, 0) is 13.0 Å². The molecule has 0 spiro atoms. The van der Waals surface area contributed by atoms with E-state index in [-0.39, 0.29) is 12.6 Å². The molecule has 2 aliphatic rings. The van der Waals surface area contributed by atoms with Gasteiger partial charge in [0.15, 0.2) is 17.5 Å². The number of hydrogen-bond acceptors (Lipinski definition) is 5. The number of fused-ring (bicyclic) bond motifs is 1. The lowest BCUT2D eigenvalue weighted by Crippen LogP contribution is -2.46. The standard InChI is InChI=1S/C24H32FN5O2/c1-3-29-10-12-30(13-11-29)21-6-4-19(14-20(21)25)16-28-24(26-2)27-9-8-18-5-7-22-23(15-18)32-17-31-22/h4-7,14-15H,3,8-13,16-17H2,1-2H3,(H2,26,27,28). The molecule has 8 heteroatoms. The minimum absolute atomic E-state index is 0.167. The molecule has 7 nitrogen and oxygen atoms in total. The van der Waals surface area contributed by atoms with E-state index in [9.17, 15) is 4.39 Å². The van der Waals surface area contributed by atoms with Gasteiger partial charge in [0, 0.05) is 46.3 Å². The van der Waals surface area contributed by atoms with Crippen molar-refractivity contribution in [2.24, 2.45) is 4.99 Å². The van der Waals surface area contributed by atoms with Crippen LogP contribution in [0.4, 0.5) is 10.1 Å². The highest BCUT2D eigenvalue weighted by Crippen LogP contribution is 2.32. The Kier molecular flexibility index (Phi) is 7.32. The van der Waals surface area contributed by atoms with Gasteiger partial charge in [-0.15, -0.1) is 0 Å². The van der Waals surface area contributed by atoms with Crippen molar-refractivity contribution in [2.45, 2.75) is 19.9 Å². The predicted molar refractivity (Wildman–Crippen MR) is 125 cm³/mol. The molecule has 0 radical (unpaired) electrons. The maximum absolute atomic E-state index is 14.8. The van der Waals surface area contributed by atoms with Crippen LogP contribution in [0.3, 0.4) is 0 Å². The second-order valence-electron chi connectivity index (χ2n) is 8.00. The highest BCUT2D eigenvalue weighted by Gasteiger charge is 2.18. The van der Waals surface area contributed by atoms with E-state index in [1.54, 1.807) is 13.1 Å². The van der Waals surface area contributed by atoms with Crippen LogP contribution < -0.4 is 25.0 Å². The van der Waals surface area contributed by atoms with Crippen LogP contribution in [-0.4, -0.2) is 64.0 Å². The number of nitrogens with zero attached hydrogens (tertiary/aromatic N) is 3. The van der Waals surface area contributed by atoms with Gasteiger partial charge in [-0.1, -0.05) is 19.1 Å². The van der Waals surface area contributed by atoms with Crippen molar-refractivity contribution in [3.8, 4) is 11.5 Å². The Morgan fingerprint density at radius 3 is 2.53 bits per heavy atom. The van der Waals surface area contributed by atoms with Crippen LogP contribution in [0.5, 0.6) is 11.5 Å². The summed E-state index contributed by atoms with van der Waals surface area (Å²) in [4.78, 5) is 8.78. The minimum Gasteiger partial charge on any atom is -0.454 e. The minimum atomic E-state index is -0.167. The van der Waals surface area contributed by atoms with Gasteiger partial charge < -0.3 is 29.9 Å². The lowest BCUT2D eigenvalue weighted by Gasteiger charge is -2.35. The zero-order valence-corrected chi connectivity index (χ0v) is 18.9. The Hall–Kier alpha value is -3.00.